The van der Waals surface area contributed by atoms with Crippen molar-refractivity contribution in [1.29, 1.82) is 0 Å². The predicted molar refractivity (Wildman–Crippen MR) is 188 cm³/mol. The maximum Gasteiger partial charge on any atom is 0.305 e. The van der Waals surface area contributed by atoms with E-state index in [0.29, 0.717) is 31.4 Å². The van der Waals surface area contributed by atoms with Gasteiger partial charge >= 0.3 is 5.97 Å². The quantitative estimate of drug-likeness (QED) is 0.319. The summed E-state index contributed by atoms with van der Waals surface area (Å²) >= 11 is 0. The van der Waals surface area contributed by atoms with E-state index in [9.17, 15) is 9.90 Å². The summed E-state index contributed by atoms with van der Waals surface area (Å²) in [6, 6.07) is 4.07. The second-order valence-electron chi connectivity index (χ2n) is 13.2. The molecule has 6 aliphatic rings. The third-order valence-electron chi connectivity index (χ3n) is 10.8. The summed E-state index contributed by atoms with van der Waals surface area (Å²) in [5.74, 6) is 0.136. The first-order valence-electron chi connectivity index (χ1n) is 16.8. The Bertz CT molecular complexity index is 1990. The van der Waals surface area contributed by atoms with E-state index in [-0.39, 0.29) is 17.8 Å². The summed E-state index contributed by atoms with van der Waals surface area (Å²) in [6.07, 6.45) is 11.8. The molecule has 0 spiro atoms. The monoisotopic (exact) mass is 626 g/mol. The van der Waals surface area contributed by atoms with E-state index >= 15 is 0 Å². The van der Waals surface area contributed by atoms with Crippen LogP contribution in [0.2, 0.25) is 0 Å². The van der Waals surface area contributed by atoms with Crippen molar-refractivity contribution in [3.8, 4) is 0 Å². The zero-order chi connectivity index (χ0) is 33.1. The van der Waals surface area contributed by atoms with E-state index in [0.717, 1.165) is 86.1 Å². The van der Waals surface area contributed by atoms with Crippen molar-refractivity contribution in [3.63, 3.8) is 0 Å². The van der Waals surface area contributed by atoms with Gasteiger partial charge in [-0.2, -0.15) is 0 Å². The Morgan fingerprint density at radius 3 is 2.30 bits per heavy atom. The average Bonchev–Trinajstić information content (AvgIpc) is 3.83. The highest BCUT2D eigenvalue weighted by Crippen LogP contribution is 2.51. The summed E-state index contributed by atoms with van der Waals surface area (Å²) in [7, 11) is 1.44. The molecule has 0 saturated heterocycles. The van der Waals surface area contributed by atoms with E-state index in [2.05, 4.69) is 58.7 Å². The molecule has 4 aliphatic heterocycles. The first-order chi connectivity index (χ1) is 22.7. The number of aromatic nitrogens is 1. The van der Waals surface area contributed by atoms with E-state index in [1.807, 2.05) is 24.5 Å². The third-order valence-corrected chi connectivity index (χ3v) is 10.8. The Hall–Kier alpha value is -4.65. The summed E-state index contributed by atoms with van der Waals surface area (Å²) in [4.78, 5) is 32.9. The molecule has 1 aromatic rings. The van der Waals surface area contributed by atoms with Crippen LogP contribution in [0, 0.1) is 11.8 Å². The van der Waals surface area contributed by atoms with Crippen LogP contribution in [-0.2, 0) is 9.53 Å². The van der Waals surface area contributed by atoms with Crippen molar-refractivity contribution < 1.29 is 14.6 Å². The van der Waals surface area contributed by atoms with Gasteiger partial charge in [0.1, 0.15) is 5.76 Å². The second-order valence-corrected chi connectivity index (χ2v) is 13.2. The fourth-order valence-corrected chi connectivity index (χ4v) is 8.26. The van der Waals surface area contributed by atoms with Crippen LogP contribution in [0.4, 0.5) is 0 Å². The SMILES string of the molecule is CCC1=C(C)C2=NC1=CC1=C(C)C3=C(O)CC(=C3C1)C1=NC(=C(c3ccncc3)C3=NC(=C2)C(CC)=C3C)[C@@H](C)[C@@H]1CCC(=O)OC. The highest BCUT2D eigenvalue weighted by atomic mass is 16.5. The highest BCUT2D eigenvalue weighted by molar-refractivity contribution is 6.35. The number of methoxy groups -OCH3 is 1. The Labute approximate surface area is 277 Å². The van der Waals surface area contributed by atoms with Gasteiger partial charge in [-0.3, -0.25) is 14.8 Å². The molecule has 8 bridgehead atoms. The topological polar surface area (TPSA) is 96.5 Å². The van der Waals surface area contributed by atoms with Crippen molar-refractivity contribution in [3.05, 3.63) is 115 Å². The first kappa shape index (κ1) is 31.0. The molecule has 5 heterocycles. The number of hydrogen-bond donors (Lipinski definition) is 1. The normalized spacial score (nSPS) is 23.7. The zero-order valence-corrected chi connectivity index (χ0v) is 28.4. The lowest BCUT2D eigenvalue weighted by Crippen LogP contribution is -2.21. The molecule has 7 rings (SSSR count). The molecule has 0 unspecified atom stereocenters. The van der Waals surface area contributed by atoms with Crippen LogP contribution in [0.3, 0.4) is 0 Å². The van der Waals surface area contributed by atoms with Crippen molar-refractivity contribution in [1.82, 2.24) is 4.98 Å². The van der Waals surface area contributed by atoms with Crippen LogP contribution in [0.15, 0.2) is 125 Å². The van der Waals surface area contributed by atoms with Gasteiger partial charge in [-0.25, -0.2) is 9.98 Å². The van der Waals surface area contributed by atoms with Crippen molar-refractivity contribution in [2.75, 3.05) is 7.11 Å². The molecule has 2 aliphatic carbocycles. The fourth-order valence-electron chi connectivity index (χ4n) is 8.26. The van der Waals surface area contributed by atoms with E-state index in [4.69, 9.17) is 19.7 Å². The smallest absolute Gasteiger partial charge is 0.305 e. The van der Waals surface area contributed by atoms with Gasteiger partial charge in [0.25, 0.3) is 0 Å². The first-order valence-corrected chi connectivity index (χ1v) is 16.8. The van der Waals surface area contributed by atoms with Gasteiger partial charge in [0.2, 0.25) is 0 Å². The summed E-state index contributed by atoms with van der Waals surface area (Å²) in [5, 5.41) is 11.5. The number of esters is 1. The number of aliphatic hydroxyl groups is 1. The Balaban J connectivity index is 1.55. The Morgan fingerprint density at radius 2 is 1.60 bits per heavy atom. The largest absolute Gasteiger partial charge is 0.511 e. The number of nitrogens with zero attached hydrogens (tertiary/aromatic N) is 4. The zero-order valence-electron chi connectivity index (χ0n) is 28.4. The maximum atomic E-state index is 12.5. The Kier molecular flexibility index (Phi) is 7.81. The standard InChI is InChI=1S/C40H42N4O3/c1-8-26-21(4)31-19-33-27(9-2)22(5)38(43-33)37(24-12-14-41-15-13-24)39-23(6)28(10-11-35(46)47-7)40(44-39)30-18-34(45)36-20(3)25(16-29(30)36)17-32(26)42-31/h12-15,17,19,23,28,45H,8-11,16,18H2,1-7H3/t23-,28-/m0/s1. The minimum absolute atomic E-state index is 0.00358. The number of rotatable bonds is 6. The van der Waals surface area contributed by atoms with Crippen LogP contribution in [0.1, 0.15) is 85.6 Å². The maximum absolute atomic E-state index is 12.5. The minimum Gasteiger partial charge on any atom is -0.511 e. The second kappa shape index (κ2) is 11.9. The number of hydrogen-bond acceptors (Lipinski definition) is 7. The van der Waals surface area contributed by atoms with Crippen LogP contribution in [0.25, 0.3) is 5.57 Å². The lowest BCUT2D eigenvalue weighted by atomic mass is 9.80. The third kappa shape index (κ3) is 4.90. The molecular weight excluding hydrogens is 584 g/mol. The van der Waals surface area contributed by atoms with Gasteiger partial charge in [0.15, 0.2) is 0 Å². The Morgan fingerprint density at radius 1 is 0.894 bits per heavy atom. The molecule has 0 saturated carbocycles. The number of carbonyl (C=O) groups is 1. The number of aliphatic imine (C=N–C) groups is 3. The molecule has 47 heavy (non-hydrogen) atoms. The van der Waals surface area contributed by atoms with Gasteiger partial charge in [0, 0.05) is 53.9 Å². The van der Waals surface area contributed by atoms with Gasteiger partial charge in [-0.15, -0.1) is 0 Å². The molecule has 0 amide bonds. The van der Waals surface area contributed by atoms with E-state index in [1.54, 1.807) is 0 Å². The molecular formula is C40H42N4O3. The van der Waals surface area contributed by atoms with Crippen LogP contribution in [0.5, 0.6) is 0 Å². The van der Waals surface area contributed by atoms with Crippen LogP contribution < -0.4 is 0 Å². The molecule has 0 radical (unpaired) electrons. The van der Waals surface area contributed by atoms with Crippen molar-refractivity contribution in [2.24, 2.45) is 26.8 Å². The summed E-state index contributed by atoms with van der Waals surface area (Å²) in [6.45, 7) is 13.0. The number of fused-ring (bicyclic) bond motifs is 5. The van der Waals surface area contributed by atoms with Gasteiger partial charge < -0.3 is 9.84 Å². The van der Waals surface area contributed by atoms with Crippen molar-refractivity contribution >= 4 is 28.7 Å². The molecule has 0 fully saturated rings. The van der Waals surface area contributed by atoms with Crippen molar-refractivity contribution in [2.45, 2.75) is 80.1 Å². The summed E-state index contributed by atoms with van der Waals surface area (Å²) < 4.78 is 5.07. The lowest BCUT2D eigenvalue weighted by Gasteiger charge is -2.21. The number of pyridine rings is 1. The summed E-state index contributed by atoms with van der Waals surface area (Å²) in [5.41, 5.74) is 17.9. The average molecular weight is 627 g/mol. The number of ether oxygens (including phenoxy) is 1. The number of carbonyl (C=O) groups excluding carboxylic acids is 1. The van der Waals surface area contributed by atoms with Gasteiger partial charge in [-0.1, -0.05) is 20.8 Å². The number of allylic oxidation sites excluding steroid dienone is 13. The highest BCUT2D eigenvalue weighted by Gasteiger charge is 2.42. The molecule has 1 N–H and O–H groups in total. The lowest BCUT2D eigenvalue weighted by molar-refractivity contribution is -0.140. The fraction of sp³-hybridized carbons (Fsp3) is 0.375. The molecule has 240 valence electrons. The van der Waals surface area contributed by atoms with Gasteiger partial charge in [0.05, 0.1) is 35.6 Å². The van der Waals surface area contributed by atoms with Gasteiger partial charge in [-0.05, 0) is 121 Å². The predicted octanol–water partition coefficient (Wildman–Crippen LogP) is 8.83. The minimum atomic E-state index is -0.229. The van der Waals surface area contributed by atoms with Crippen LogP contribution >= 0.6 is 0 Å². The molecule has 7 heteroatoms. The van der Waals surface area contributed by atoms with E-state index in [1.165, 1.54) is 29.4 Å². The molecule has 1 aromatic heterocycles. The van der Waals surface area contributed by atoms with E-state index < -0.39 is 0 Å². The van der Waals surface area contributed by atoms with Crippen LogP contribution in [-0.4, -0.2) is 40.3 Å². The molecule has 7 nitrogen and oxygen atoms in total. The molecule has 0 aromatic carbocycles. The number of aliphatic hydroxyl groups excluding tert-OH is 1. The molecule has 2 atom stereocenters.